The lowest BCUT2D eigenvalue weighted by Gasteiger charge is -2.17. The Bertz CT molecular complexity index is 694. The van der Waals surface area contributed by atoms with Crippen molar-refractivity contribution in [1.82, 2.24) is 10.3 Å². The van der Waals surface area contributed by atoms with Crippen molar-refractivity contribution >= 4 is 22.8 Å². The lowest BCUT2D eigenvalue weighted by Crippen LogP contribution is -2.44. The molecule has 2 aromatic rings. The third-order valence-electron chi connectivity index (χ3n) is 3.62. The second kappa shape index (κ2) is 6.60. The minimum Gasteiger partial charge on any atom is -0.496 e. The highest BCUT2D eigenvalue weighted by atomic mass is 16.5. The van der Waals surface area contributed by atoms with Gasteiger partial charge >= 0.3 is 5.97 Å². The van der Waals surface area contributed by atoms with E-state index < -0.39 is 17.9 Å². The molecular weight excluding hydrogens is 300 g/mol. The maximum absolute atomic E-state index is 12.3. The molecule has 0 fully saturated rings. The topological polar surface area (TPSA) is 101 Å². The fourth-order valence-electron chi connectivity index (χ4n) is 2.37. The number of nitrogens with one attached hydrogen (secondary N) is 2. The van der Waals surface area contributed by atoms with Gasteiger partial charge in [-0.3, -0.25) is 4.79 Å². The molecule has 0 aliphatic heterocycles. The van der Waals surface area contributed by atoms with Crippen LogP contribution in [0.5, 0.6) is 11.5 Å². The summed E-state index contributed by atoms with van der Waals surface area (Å²) >= 11 is 0. The molecule has 0 unspecified atom stereocenters. The molecule has 0 aliphatic rings. The van der Waals surface area contributed by atoms with Crippen LogP contribution in [-0.4, -0.2) is 42.2 Å². The van der Waals surface area contributed by atoms with Crippen molar-refractivity contribution in [2.45, 2.75) is 19.9 Å². The molecular formula is C16H20N2O5. The van der Waals surface area contributed by atoms with E-state index in [-0.39, 0.29) is 11.6 Å². The summed E-state index contributed by atoms with van der Waals surface area (Å²) in [6.07, 6.45) is 0. The summed E-state index contributed by atoms with van der Waals surface area (Å²) in [5.74, 6) is -0.635. The van der Waals surface area contributed by atoms with Gasteiger partial charge in [0.25, 0.3) is 5.91 Å². The molecule has 1 aromatic carbocycles. The lowest BCUT2D eigenvalue weighted by atomic mass is 10.0. The molecule has 0 aliphatic carbocycles. The van der Waals surface area contributed by atoms with Gasteiger partial charge in [0.1, 0.15) is 23.2 Å². The summed E-state index contributed by atoms with van der Waals surface area (Å²) < 4.78 is 10.5. The number of carbonyl (C=O) groups is 2. The molecule has 23 heavy (non-hydrogen) atoms. The molecule has 1 aromatic heterocycles. The number of amides is 1. The van der Waals surface area contributed by atoms with Crippen molar-refractivity contribution < 1.29 is 24.2 Å². The zero-order chi connectivity index (χ0) is 17.1. The Hall–Kier alpha value is -2.70. The van der Waals surface area contributed by atoms with E-state index in [0.717, 1.165) is 0 Å². The molecule has 1 amide bonds. The van der Waals surface area contributed by atoms with Gasteiger partial charge in [0.15, 0.2) is 0 Å². The number of carbonyl (C=O) groups excluding carboxylic acids is 1. The van der Waals surface area contributed by atoms with Crippen LogP contribution >= 0.6 is 0 Å². The second-order valence-corrected chi connectivity index (χ2v) is 5.48. The van der Waals surface area contributed by atoms with Gasteiger partial charge in [-0.05, 0) is 24.1 Å². The average molecular weight is 320 g/mol. The number of ether oxygens (including phenoxy) is 2. The first kappa shape index (κ1) is 16.7. The molecule has 7 nitrogen and oxygen atoms in total. The number of rotatable bonds is 6. The summed E-state index contributed by atoms with van der Waals surface area (Å²) in [6, 6.07) is 4.13. The van der Waals surface area contributed by atoms with Crippen LogP contribution in [0.25, 0.3) is 10.9 Å². The minimum atomic E-state index is -1.07. The second-order valence-electron chi connectivity index (χ2n) is 5.48. The Kier molecular flexibility index (Phi) is 4.78. The van der Waals surface area contributed by atoms with Crippen molar-refractivity contribution in [2.75, 3.05) is 14.2 Å². The quantitative estimate of drug-likeness (QED) is 0.756. The van der Waals surface area contributed by atoms with Crippen molar-refractivity contribution in [2.24, 2.45) is 5.92 Å². The highest BCUT2D eigenvalue weighted by molar-refractivity contribution is 6.02. The van der Waals surface area contributed by atoms with Crippen LogP contribution in [0.3, 0.4) is 0 Å². The number of aliphatic carboxylic acids is 1. The van der Waals surface area contributed by atoms with Gasteiger partial charge in [0.05, 0.1) is 19.7 Å². The van der Waals surface area contributed by atoms with E-state index in [1.54, 1.807) is 32.0 Å². The number of hydrogen-bond donors (Lipinski definition) is 3. The van der Waals surface area contributed by atoms with Gasteiger partial charge in [-0.15, -0.1) is 0 Å². The highest BCUT2D eigenvalue weighted by Crippen LogP contribution is 2.33. The van der Waals surface area contributed by atoms with E-state index in [9.17, 15) is 14.7 Å². The van der Waals surface area contributed by atoms with Crippen molar-refractivity contribution in [3.8, 4) is 11.5 Å². The number of methoxy groups -OCH3 is 2. The zero-order valence-electron chi connectivity index (χ0n) is 13.5. The summed E-state index contributed by atoms with van der Waals surface area (Å²) in [6.45, 7) is 3.46. The van der Waals surface area contributed by atoms with Gasteiger partial charge in [-0.25, -0.2) is 4.79 Å². The fraction of sp³-hybridized carbons (Fsp3) is 0.375. The first-order chi connectivity index (χ1) is 10.9. The van der Waals surface area contributed by atoms with Crippen LogP contribution in [0.2, 0.25) is 0 Å². The minimum absolute atomic E-state index is 0.232. The first-order valence-electron chi connectivity index (χ1n) is 7.16. The number of H-pyrrole nitrogens is 1. The SMILES string of the molecule is COc1ccc(OC)c2[nH]c(C(=O)N[C@@H](C(=O)O)C(C)C)cc12. The number of benzene rings is 1. The number of aromatic amines is 1. The number of hydrogen-bond acceptors (Lipinski definition) is 4. The van der Waals surface area contributed by atoms with E-state index in [2.05, 4.69) is 10.3 Å². The fourth-order valence-corrected chi connectivity index (χ4v) is 2.37. The van der Waals surface area contributed by atoms with Crippen molar-refractivity contribution in [3.05, 3.63) is 23.9 Å². The molecule has 1 heterocycles. The molecule has 0 saturated carbocycles. The normalized spacial score (nSPS) is 12.2. The predicted molar refractivity (Wildman–Crippen MR) is 85.1 cm³/mol. The Labute approximate surface area is 133 Å². The number of fused-ring (bicyclic) bond motifs is 1. The third kappa shape index (κ3) is 3.23. The molecule has 0 radical (unpaired) electrons. The van der Waals surface area contributed by atoms with Crippen molar-refractivity contribution in [1.29, 1.82) is 0 Å². The Morgan fingerprint density at radius 1 is 1.17 bits per heavy atom. The first-order valence-corrected chi connectivity index (χ1v) is 7.16. The summed E-state index contributed by atoms with van der Waals surface area (Å²) in [4.78, 5) is 26.5. The van der Waals surface area contributed by atoms with E-state index >= 15 is 0 Å². The molecule has 0 saturated heterocycles. The predicted octanol–water partition coefficient (Wildman–Crippen LogP) is 2.02. The summed E-state index contributed by atoms with van der Waals surface area (Å²) in [7, 11) is 3.06. The monoisotopic (exact) mass is 320 g/mol. The highest BCUT2D eigenvalue weighted by Gasteiger charge is 2.25. The van der Waals surface area contributed by atoms with Crippen LogP contribution in [0.15, 0.2) is 18.2 Å². The van der Waals surface area contributed by atoms with E-state index in [1.165, 1.54) is 14.2 Å². The van der Waals surface area contributed by atoms with Crippen LogP contribution in [0.1, 0.15) is 24.3 Å². The molecule has 0 bridgehead atoms. The maximum Gasteiger partial charge on any atom is 0.326 e. The van der Waals surface area contributed by atoms with Crippen LogP contribution < -0.4 is 14.8 Å². The lowest BCUT2D eigenvalue weighted by molar-refractivity contribution is -0.140. The molecule has 3 N–H and O–H groups in total. The standard InChI is InChI=1S/C16H20N2O5/c1-8(2)13(16(20)21)18-15(19)10-7-9-11(22-3)5-6-12(23-4)14(9)17-10/h5-8,13,17H,1-4H3,(H,18,19)(H,20,21)/t13-/m1/s1. The summed E-state index contributed by atoms with van der Waals surface area (Å²) in [5, 5.41) is 12.4. The average Bonchev–Trinajstić information content (AvgIpc) is 2.95. The maximum atomic E-state index is 12.3. The van der Waals surface area contributed by atoms with E-state index in [4.69, 9.17) is 9.47 Å². The Balaban J connectivity index is 2.40. The van der Waals surface area contributed by atoms with E-state index in [0.29, 0.717) is 22.4 Å². The number of aromatic nitrogens is 1. The number of carboxylic acid groups (broad SMARTS) is 1. The largest absolute Gasteiger partial charge is 0.496 e. The zero-order valence-corrected chi connectivity index (χ0v) is 13.5. The van der Waals surface area contributed by atoms with Crippen LogP contribution in [0, 0.1) is 5.92 Å². The van der Waals surface area contributed by atoms with Gasteiger partial charge < -0.3 is 24.9 Å². The summed E-state index contributed by atoms with van der Waals surface area (Å²) in [5.41, 5.74) is 0.864. The van der Waals surface area contributed by atoms with Crippen molar-refractivity contribution in [3.63, 3.8) is 0 Å². The van der Waals surface area contributed by atoms with Crippen LogP contribution in [0.4, 0.5) is 0 Å². The smallest absolute Gasteiger partial charge is 0.326 e. The number of carboxylic acids is 1. The van der Waals surface area contributed by atoms with E-state index in [1.807, 2.05) is 0 Å². The van der Waals surface area contributed by atoms with Gasteiger partial charge in [0.2, 0.25) is 0 Å². The van der Waals surface area contributed by atoms with Gasteiger partial charge in [0, 0.05) is 5.39 Å². The van der Waals surface area contributed by atoms with Gasteiger partial charge in [-0.1, -0.05) is 13.8 Å². The molecule has 7 heteroatoms. The molecule has 1 atom stereocenters. The van der Waals surface area contributed by atoms with Gasteiger partial charge in [-0.2, -0.15) is 0 Å². The third-order valence-corrected chi connectivity index (χ3v) is 3.62. The Morgan fingerprint density at radius 2 is 1.78 bits per heavy atom. The van der Waals surface area contributed by atoms with Crippen LogP contribution in [-0.2, 0) is 4.79 Å². The molecule has 0 spiro atoms. The molecule has 2 rings (SSSR count). The Morgan fingerprint density at radius 3 is 2.30 bits per heavy atom. The molecule has 124 valence electrons.